The average Bonchev–Trinajstić information content (AvgIpc) is 2.29. The summed E-state index contributed by atoms with van der Waals surface area (Å²) in [7, 11) is 0. The van der Waals surface area contributed by atoms with E-state index in [0.29, 0.717) is 12.2 Å². The van der Waals surface area contributed by atoms with E-state index in [1.54, 1.807) is 11.8 Å². The van der Waals surface area contributed by atoms with Crippen molar-refractivity contribution in [1.82, 2.24) is 0 Å². The van der Waals surface area contributed by atoms with Gasteiger partial charge in [-0.2, -0.15) is 0 Å². The van der Waals surface area contributed by atoms with Crippen LogP contribution in [0.15, 0.2) is 29.2 Å². The van der Waals surface area contributed by atoms with Crippen LogP contribution in [0.25, 0.3) is 0 Å². The molecule has 18 heavy (non-hydrogen) atoms. The molecule has 5 heteroatoms. The molecule has 0 fully saturated rings. The number of carbonyl (C=O) groups is 2. The Kier molecular flexibility index (Phi) is 5.71. The van der Waals surface area contributed by atoms with E-state index in [1.165, 1.54) is 5.56 Å². The smallest absolute Gasteiger partial charge is 0.307 e. The lowest BCUT2D eigenvalue weighted by atomic mass is 10.0. The van der Waals surface area contributed by atoms with Crippen LogP contribution >= 0.6 is 11.8 Å². The number of aryl methyl sites for hydroxylation is 1. The number of thioether (sulfide) groups is 1. The second kappa shape index (κ2) is 7.06. The predicted molar refractivity (Wildman–Crippen MR) is 69.9 cm³/mol. The number of hydrogen-bond acceptors (Lipinski definition) is 3. The van der Waals surface area contributed by atoms with Crippen molar-refractivity contribution in [3.63, 3.8) is 0 Å². The van der Waals surface area contributed by atoms with Gasteiger partial charge in [-0.25, -0.2) is 0 Å². The monoisotopic (exact) mass is 268 g/mol. The van der Waals surface area contributed by atoms with Gasteiger partial charge in [-0.05, 0) is 31.2 Å². The Labute approximate surface area is 110 Å². The summed E-state index contributed by atoms with van der Waals surface area (Å²) in [5.41, 5.74) is 1.17. The molecule has 1 atom stereocenters. The van der Waals surface area contributed by atoms with Gasteiger partial charge < -0.3 is 10.2 Å². The van der Waals surface area contributed by atoms with E-state index in [0.717, 1.165) is 4.90 Å². The van der Waals surface area contributed by atoms with Crippen LogP contribution in [-0.2, 0) is 9.59 Å². The second-order valence-corrected chi connectivity index (χ2v) is 5.25. The summed E-state index contributed by atoms with van der Waals surface area (Å²) >= 11 is 1.55. The first-order valence-electron chi connectivity index (χ1n) is 5.63. The summed E-state index contributed by atoms with van der Waals surface area (Å²) in [6, 6.07) is 7.95. The van der Waals surface area contributed by atoms with Crippen molar-refractivity contribution < 1.29 is 19.8 Å². The topological polar surface area (TPSA) is 74.6 Å². The van der Waals surface area contributed by atoms with Crippen LogP contribution < -0.4 is 0 Å². The van der Waals surface area contributed by atoms with Crippen molar-refractivity contribution in [2.24, 2.45) is 5.92 Å². The highest BCUT2D eigenvalue weighted by atomic mass is 32.2. The van der Waals surface area contributed by atoms with Crippen LogP contribution in [0.3, 0.4) is 0 Å². The van der Waals surface area contributed by atoms with Crippen molar-refractivity contribution >= 4 is 23.7 Å². The Morgan fingerprint density at radius 2 is 1.83 bits per heavy atom. The standard InChI is InChI=1S/C13H16O4S/c1-9-2-4-11(5-3-9)18-7-6-10(13(16)17)8-12(14)15/h2-5,10H,6-8H2,1H3,(H,14,15)(H,16,17). The minimum atomic E-state index is -1.07. The lowest BCUT2D eigenvalue weighted by Crippen LogP contribution is -2.18. The molecule has 98 valence electrons. The van der Waals surface area contributed by atoms with Gasteiger partial charge in [0.15, 0.2) is 0 Å². The Morgan fingerprint density at radius 3 is 2.33 bits per heavy atom. The fourth-order valence-electron chi connectivity index (χ4n) is 1.48. The van der Waals surface area contributed by atoms with Crippen LogP contribution in [0, 0.1) is 12.8 Å². The number of benzene rings is 1. The molecule has 0 radical (unpaired) electrons. The molecule has 1 aromatic carbocycles. The number of hydrogen-bond donors (Lipinski definition) is 2. The van der Waals surface area contributed by atoms with E-state index in [9.17, 15) is 9.59 Å². The zero-order chi connectivity index (χ0) is 13.5. The summed E-state index contributed by atoms with van der Waals surface area (Å²) in [6.45, 7) is 2.00. The molecule has 1 unspecified atom stereocenters. The lowest BCUT2D eigenvalue weighted by molar-refractivity contribution is -0.148. The van der Waals surface area contributed by atoms with Crippen LogP contribution in [-0.4, -0.2) is 27.9 Å². The highest BCUT2D eigenvalue weighted by molar-refractivity contribution is 7.99. The van der Waals surface area contributed by atoms with Crippen molar-refractivity contribution in [2.45, 2.75) is 24.7 Å². The van der Waals surface area contributed by atoms with Gasteiger partial charge in [-0.3, -0.25) is 9.59 Å². The van der Waals surface area contributed by atoms with Gasteiger partial charge in [0.05, 0.1) is 12.3 Å². The van der Waals surface area contributed by atoms with E-state index in [4.69, 9.17) is 10.2 Å². The van der Waals surface area contributed by atoms with E-state index < -0.39 is 17.9 Å². The molecule has 0 aliphatic rings. The first-order chi connectivity index (χ1) is 8.49. The summed E-state index contributed by atoms with van der Waals surface area (Å²) in [6.07, 6.45) is 0.0456. The third-order valence-corrected chi connectivity index (χ3v) is 3.57. The quantitative estimate of drug-likeness (QED) is 0.744. The second-order valence-electron chi connectivity index (χ2n) is 4.08. The third kappa shape index (κ3) is 5.23. The minimum absolute atomic E-state index is 0.316. The molecule has 2 N–H and O–H groups in total. The fourth-order valence-corrected chi connectivity index (χ4v) is 2.44. The molecule has 1 rings (SSSR count). The minimum Gasteiger partial charge on any atom is -0.481 e. The molecule has 0 aromatic heterocycles. The number of carboxylic acids is 2. The van der Waals surface area contributed by atoms with Gasteiger partial charge in [0.1, 0.15) is 0 Å². The summed E-state index contributed by atoms with van der Waals surface area (Å²) in [5.74, 6) is -2.31. The molecule has 0 spiro atoms. The molecular formula is C13H16O4S. The van der Waals surface area contributed by atoms with E-state index >= 15 is 0 Å². The zero-order valence-electron chi connectivity index (χ0n) is 10.1. The fraction of sp³-hybridized carbons (Fsp3) is 0.385. The van der Waals surface area contributed by atoms with Gasteiger partial charge in [0.2, 0.25) is 0 Å². The molecule has 0 saturated heterocycles. The van der Waals surface area contributed by atoms with Crippen LogP contribution in [0.2, 0.25) is 0 Å². The molecule has 4 nitrogen and oxygen atoms in total. The highest BCUT2D eigenvalue weighted by Gasteiger charge is 2.20. The molecule has 0 heterocycles. The molecule has 0 bridgehead atoms. The van der Waals surface area contributed by atoms with Crippen molar-refractivity contribution in [2.75, 3.05) is 5.75 Å². The predicted octanol–water partition coefficient (Wildman–Crippen LogP) is 2.65. The Balaban J connectivity index is 2.41. The molecule has 0 aliphatic heterocycles. The molecule has 1 aromatic rings. The molecule has 0 amide bonds. The maximum Gasteiger partial charge on any atom is 0.307 e. The Bertz CT molecular complexity index is 414. The van der Waals surface area contributed by atoms with Gasteiger partial charge in [0, 0.05) is 4.90 Å². The first kappa shape index (κ1) is 14.6. The highest BCUT2D eigenvalue weighted by Crippen LogP contribution is 2.22. The first-order valence-corrected chi connectivity index (χ1v) is 6.61. The normalized spacial score (nSPS) is 12.1. The summed E-state index contributed by atoms with van der Waals surface area (Å²) < 4.78 is 0. The molecule has 0 saturated carbocycles. The lowest BCUT2D eigenvalue weighted by Gasteiger charge is -2.09. The van der Waals surface area contributed by atoms with Gasteiger partial charge >= 0.3 is 11.9 Å². The Morgan fingerprint density at radius 1 is 1.22 bits per heavy atom. The number of rotatable bonds is 7. The summed E-state index contributed by atoms with van der Waals surface area (Å²) in [5, 5.41) is 17.5. The molecule has 0 aliphatic carbocycles. The van der Waals surface area contributed by atoms with Crippen molar-refractivity contribution in [3.8, 4) is 0 Å². The Hall–Kier alpha value is -1.49. The summed E-state index contributed by atoms with van der Waals surface area (Å²) in [4.78, 5) is 22.4. The van der Waals surface area contributed by atoms with E-state index in [-0.39, 0.29) is 6.42 Å². The van der Waals surface area contributed by atoms with Gasteiger partial charge in [-0.15, -0.1) is 11.8 Å². The maximum atomic E-state index is 10.8. The largest absolute Gasteiger partial charge is 0.481 e. The van der Waals surface area contributed by atoms with Crippen molar-refractivity contribution in [1.29, 1.82) is 0 Å². The average molecular weight is 268 g/mol. The number of carboxylic acid groups (broad SMARTS) is 2. The van der Waals surface area contributed by atoms with Gasteiger partial charge in [0.25, 0.3) is 0 Å². The van der Waals surface area contributed by atoms with E-state index in [1.807, 2.05) is 31.2 Å². The van der Waals surface area contributed by atoms with Crippen LogP contribution in [0.1, 0.15) is 18.4 Å². The van der Waals surface area contributed by atoms with E-state index in [2.05, 4.69) is 0 Å². The zero-order valence-corrected chi connectivity index (χ0v) is 10.9. The van der Waals surface area contributed by atoms with Crippen LogP contribution in [0.5, 0.6) is 0 Å². The van der Waals surface area contributed by atoms with Crippen LogP contribution in [0.4, 0.5) is 0 Å². The number of aliphatic carboxylic acids is 2. The molecular weight excluding hydrogens is 252 g/mol. The third-order valence-electron chi connectivity index (χ3n) is 2.53. The maximum absolute atomic E-state index is 10.8. The SMILES string of the molecule is Cc1ccc(SCCC(CC(=O)O)C(=O)O)cc1. The van der Waals surface area contributed by atoms with Gasteiger partial charge in [-0.1, -0.05) is 17.7 Å². The van der Waals surface area contributed by atoms with Crippen molar-refractivity contribution in [3.05, 3.63) is 29.8 Å².